The van der Waals surface area contributed by atoms with Crippen LogP contribution in [-0.2, 0) is 11.3 Å². The molecular weight excluding hydrogens is 246 g/mol. The van der Waals surface area contributed by atoms with E-state index in [9.17, 15) is 0 Å². The van der Waals surface area contributed by atoms with E-state index in [1.165, 1.54) is 37.1 Å². The molecule has 5 heteroatoms. The zero-order valence-corrected chi connectivity index (χ0v) is 11.5. The molecule has 18 heavy (non-hydrogen) atoms. The predicted molar refractivity (Wildman–Crippen MR) is 73.5 cm³/mol. The first kappa shape index (κ1) is 12.4. The molecule has 0 radical (unpaired) electrons. The third-order valence-electron chi connectivity index (χ3n) is 4.15. The van der Waals surface area contributed by atoms with E-state index in [-0.39, 0.29) is 0 Å². The van der Waals surface area contributed by atoms with E-state index >= 15 is 0 Å². The van der Waals surface area contributed by atoms with Crippen molar-refractivity contribution < 1.29 is 4.74 Å². The normalized spacial score (nSPS) is 26.8. The minimum absolute atomic E-state index is 0.687. The van der Waals surface area contributed by atoms with Crippen LogP contribution in [0.5, 0.6) is 0 Å². The SMILES string of the molecule is Nc1ncc(CN2CCCC2C2CCOCC2)s1. The van der Waals surface area contributed by atoms with Crippen LogP contribution in [0.1, 0.15) is 30.6 Å². The van der Waals surface area contributed by atoms with Crippen LogP contribution in [0.2, 0.25) is 0 Å². The van der Waals surface area contributed by atoms with Crippen molar-refractivity contribution in [2.45, 2.75) is 38.3 Å². The molecule has 0 spiro atoms. The number of likely N-dealkylation sites (tertiary alicyclic amines) is 1. The lowest BCUT2D eigenvalue weighted by molar-refractivity contribution is 0.0347. The lowest BCUT2D eigenvalue weighted by Crippen LogP contribution is -2.37. The third kappa shape index (κ3) is 2.68. The summed E-state index contributed by atoms with van der Waals surface area (Å²) in [7, 11) is 0. The maximum atomic E-state index is 5.70. The molecule has 0 bridgehead atoms. The summed E-state index contributed by atoms with van der Waals surface area (Å²) in [5, 5.41) is 0.687. The molecule has 2 saturated heterocycles. The second kappa shape index (κ2) is 5.55. The van der Waals surface area contributed by atoms with Gasteiger partial charge < -0.3 is 10.5 Å². The van der Waals surface area contributed by atoms with E-state index in [1.54, 1.807) is 11.3 Å². The Morgan fingerprint density at radius 3 is 2.94 bits per heavy atom. The van der Waals surface area contributed by atoms with Gasteiger partial charge in [0, 0.05) is 36.9 Å². The fourth-order valence-corrected chi connectivity index (χ4v) is 3.99. The molecule has 1 aromatic heterocycles. The first-order valence-electron chi connectivity index (χ1n) is 6.85. The number of hydrogen-bond donors (Lipinski definition) is 1. The molecule has 100 valence electrons. The van der Waals surface area contributed by atoms with Crippen LogP contribution in [0.15, 0.2) is 6.20 Å². The Morgan fingerprint density at radius 1 is 1.39 bits per heavy atom. The molecular formula is C13H21N3OS. The van der Waals surface area contributed by atoms with Crippen LogP contribution in [0, 0.1) is 5.92 Å². The van der Waals surface area contributed by atoms with Crippen molar-refractivity contribution in [1.82, 2.24) is 9.88 Å². The van der Waals surface area contributed by atoms with Crippen molar-refractivity contribution in [2.75, 3.05) is 25.5 Å². The summed E-state index contributed by atoms with van der Waals surface area (Å²) in [6.45, 7) is 4.14. The van der Waals surface area contributed by atoms with Gasteiger partial charge in [-0.3, -0.25) is 4.90 Å². The highest BCUT2D eigenvalue weighted by Crippen LogP contribution is 2.32. The number of hydrogen-bond acceptors (Lipinski definition) is 5. The summed E-state index contributed by atoms with van der Waals surface area (Å²) < 4.78 is 5.47. The summed E-state index contributed by atoms with van der Waals surface area (Å²) in [5.74, 6) is 0.825. The molecule has 1 unspecified atom stereocenters. The number of rotatable bonds is 3. The van der Waals surface area contributed by atoms with Crippen molar-refractivity contribution in [3.63, 3.8) is 0 Å². The van der Waals surface area contributed by atoms with Crippen molar-refractivity contribution in [3.05, 3.63) is 11.1 Å². The highest BCUT2D eigenvalue weighted by molar-refractivity contribution is 7.15. The average molecular weight is 267 g/mol. The van der Waals surface area contributed by atoms with E-state index in [0.29, 0.717) is 5.13 Å². The standard InChI is InChI=1S/C13H21N3OS/c14-13-15-8-11(18-13)9-16-5-1-2-12(16)10-3-6-17-7-4-10/h8,10,12H,1-7,9H2,(H2,14,15). The van der Waals surface area contributed by atoms with Gasteiger partial charge >= 0.3 is 0 Å². The van der Waals surface area contributed by atoms with Gasteiger partial charge in [0.05, 0.1) is 0 Å². The Hall–Kier alpha value is -0.650. The van der Waals surface area contributed by atoms with E-state index in [0.717, 1.165) is 31.7 Å². The maximum Gasteiger partial charge on any atom is 0.180 e. The van der Waals surface area contributed by atoms with Gasteiger partial charge in [-0.1, -0.05) is 0 Å². The Morgan fingerprint density at radius 2 is 2.22 bits per heavy atom. The van der Waals surface area contributed by atoms with Gasteiger partial charge in [-0.2, -0.15) is 0 Å². The second-order valence-corrected chi connectivity index (χ2v) is 6.44. The number of anilines is 1. The van der Waals surface area contributed by atoms with Gasteiger partial charge in [-0.15, -0.1) is 11.3 Å². The Kier molecular flexibility index (Phi) is 3.82. The molecule has 2 fully saturated rings. The van der Waals surface area contributed by atoms with E-state index in [2.05, 4.69) is 9.88 Å². The summed E-state index contributed by atoms with van der Waals surface area (Å²) in [5.41, 5.74) is 5.70. The van der Waals surface area contributed by atoms with Gasteiger partial charge in [-0.05, 0) is 38.1 Å². The van der Waals surface area contributed by atoms with Gasteiger partial charge in [-0.25, -0.2) is 4.98 Å². The van der Waals surface area contributed by atoms with E-state index < -0.39 is 0 Å². The van der Waals surface area contributed by atoms with Crippen LogP contribution >= 0.6 is 11.3 Å². The average Bonchev–Trinajstić information content (AvgIpc) is 3.00. The fraction of sp³-hybridized carbons (Fsp3) is 0.769. The molecule has 0 aromatic carbocycles. The van der Waals surface area contributed by atoms with Crippen molar-refractivity contribution in [3.8, 4) is 0 Å². The van der Waals surface area contributed by atoms with Crippen LogP contribution in [0.4, 0.5) is 5.13 Å². The lowest BCUT2D eigenvalue weighted by Gasteiger charge is -2.33. The second-order valence-electron chi connectivity index (χ2n) is 5.29. The Balaban J connectivity index is 1.63. The molecule has 1 aromatic rings. The number of thiazole rings is 1. The fourth-order valence-electron chi connectivity index (χ4n) is 3.28. The summed E-state index contributed by atoms with van der Waals surface area (Å²) in [4.78, 5) is 8.07. The molecule has 4 nitrogen and oxygen atoms in total. The van der Waals surface area contributed by atoms with Gasteiger partial charge in [0.15, 0.2) is 5.13 Å². The van der Waals surface area contributed by atoms with Gasteiger partial charge in [0.1, 0.15) is 0 Å². The quantitative estimate of drug-likeness (QED) is 0.911. The molecule has 3 rings (SSSR count). The molecule has 2 N–H and O–H groups in total. The van der Waals surface area contributed by atoms with Crippen LogP contribution < -0.4 is 5.73 Å². The molecule has 3 heterocycles. The number of nitrogen functional groups attached to an aromatic ring is 1. The highest BCUT2D eigenvalue weighted by Gasteiger charge is 2.32. The number of aromatic nitrogens is 1. The predicted octanol–water partition coefficient (Wildman–Crippen LogP) is 2.12. The van der Waals surface area contributed by atoms with Gasteiger partial charge in [0.25, 0.3) is 0 Å². The summed E-state index contributed by atoms with van der Waals surface area (Å²) in [6.07, 6.45) is 7.06. The minimum atomic E-state index is 0.687. The zero-order chi connectivity index (χ0) is 12.4. The van der Waals surface area contributed by atoms with Crippen molar-refractivity contribution in [2.24, 2.45) is 5.92 Å². The van der Waals surface area contributed by atoms with Crippen molar-refractivity contribution >= 4 is 16.5 Å². The zero-order valence-electron chi connectivity index (χ0n) is 10.7. The largest absolute Gasteiger partial charge is 0.381 e. The summed E-state index contributed by atoms with van der Waals surface area (Å²) >= 11 is 1.62. The molecule has 1 atom stereocenters. The molecule has 0 amide bonds. The number of nitrogens with zero attached hydrogens (tertiary/aromatic N) is 2. The third-order valence-corrected chi connectivity index (χ3v) is 4.97. The molecule has 2 aliphatic rings. The molecule has 0 saturated carbocycles. The smallest absolute Gasteiger partial charge is 0.180 e. The molecule has 0 aliphatic carbocycles. The van der Waals surface area contributed by atoms with Crippen molar-refractivity contribution in [1.29, 1.82) is 0 Å². The van der Waals surface area contributed by atoms with Crippen LogP contribution in [0.25, 0.3) is 0 Å². The molecule has 2 aliphatic heterocycles. The van der Waals surface area contributed by atoms with Crippen LogP contribution in [0.3, 0.4) is 0 Å². The minimum Gasteiger partial charge on any atom is -0.381 e. The first-order chi connectivity index (χ1) is 8.83. The lowest BCUT2D eigenvalue weighted by atomic mass is 9.90. The van der Waals surface area contributed by atoms with Gasteiger partial charge in [0.2, 0.25) is 0 Å². The Bertz CT molecular complexity index is 389. The first-order valence-corrected chi connectivity index (χ1v) is 7.66. The number of nitrogens with two attached hydrogens (primary N) is 1. The summed E-state index contributed by atoms with van der Waals surface area (Å²) in [6, 6.07) is 0.747. The topological polar surface area (TPSA) is 51.4 Å². The van der Waals surface area contributed by atoms with E-state index in [1.807, 2.05) is 6.20 Å². The van der Waals surface area contributed by atoms with E-state index in [4.69, 9.17) is 10.5 Å². The number of ether oxygens (including phenoxy) is 1. The highest BCUT2D eigenvalue weighted by atomic mass is 32.1. The van der Waals surface area contributed by atoms with Crippen LogP contribution in [-0.4, -0.2) is 35.7 Å². The maximum absolute atomic E-state index is 5.70. The monoisotopic (exact) mass is 267 g/mol. The Labute approximate surface area is 112 Å².